The minimum absolute atomic E-state index is 0.317. The van der Waals surface area contributed by atoms with Crippen molar-refractivity contribution in [2.75, 3.05) is 13.1 Å². The third-order valence-corrected chi connectivity index (χ3v) is 4.29. The SMILES string of the molecule is O=C(O)c1cccc(CN2CCC3(C2)Oc2ccccc2O3)c1. The number of benzene rings is 2. The summed E-state index contributed by atoms with van der Waals surface area (Å²) in [6, 6.07) is 14.8. The minimum Gasteiger partial charge on any atom is -0.478 e. The van der Waals surface area contributed by atoms with Crippen LogP contribution >= 0.6 is 0 Å². The van der Waals surface area contributed by atoms with Crippen molar-refractivity contribution in [3.05, 3.63) is 59.7 Å². The molecular weight excluding hydrogens is 294 g/mol. The van der Waals surface area contributed by atoms with E-state index in [1.807, 2.05) is 30.3 Å². The molecule has 0 amide bonds. The zero-order valence-corrected chi connectivity index (χ0v) is 12.6. The van der Waals surface area contributed by atoms with Crippen molar-refractivity contribution in [3.8, 4) is 11.5 Å². The quantitative estimate of drug-likeness (QED) is 0.944. The first kappa shape index (κ1) is 14.1. The van der Waals surface area contributed by atoms with Crippen LogP contribution in [-0.2, 0) is 6.54 Å². The Morgan fingerprint density at radius 1 is 1.13 bits per heavy atom. The topological polar surface area (TPSA) is 59.0 Å². The molecule has 5 nitrogen and oxygen atoms in total. The molecule has 1 spiro atoms. The van der Waals surface area contributed by atoms with Gasteiger partial charge in [-0.1, -0.05) is 24.3 Å². The normalized spacial score (nSPS) is 18.4. The molecule has 2 heterocycles. The van der Waals surface area contributed by atoms with Crippen LogP contribution in [0, 0.1) is 0 Å². The zero-order valence-electron chi connectivity index (χ0n) is 12.6. The summed E-state index contributed by atoms with van der Waals surface area (Å²) in [6.45, 7) is 2.20. The van der Waals surface area contributed by atoms with Gasteiger partial charge in [0.2, 0.25) is 0 Å². The maximum Gasteiger partial charge on any atom is 0.335 e. The number of likely N-dealkylation sites (tertiary alicyclic amines) is 1. The van der Waals surface area contributed by atoms with E-state index in [0.29, 0.717) is 18.7 Å². The highest BCUT2D eigenvalue weighted by atomic mass is 16.7. The lowest BCUT2D eigenvalue weighted by Gasteiger charge is -2.23. The molecule has 23 heavy (non-hydrogen) atoms. The average Bonchev–Trinajstić information content (AvgIpc) is 3.10. The molecule has 1 fully saturated rings. The van der Waals surface area contributed by atoms with Crippen LogP contribution in [0.4, 0.5) is 0 Å². The second-order valence-electron chi connectivity index (χ2n) is 6.03. The van der Waals surface area contributed by atoms with Gasteiger partial charge in [0.1, 0.15) is 0 Å². The van der Waals surface area contributed by atoms with Gasteiger partial charge < -0.3 is 14.6 Å². The van der Waals surface area contributed by atoms with Crippen molar-refractivity contribution in [1.29, 1.82) is 0 Å². The number of para-hydroxylation sites is 2. The van der Waals surface area contributed by atoms with Crippen molar-refractivity contribution in [2.45, 2.75) is 18.8 Å². The summed E-state index contributed by atoms with van der Waals surface area (Å²) in [5, 5.41) is 9.08. The van der Waals surface area contributed by atoms with Gasteiger partial charge in [-0.15, -0.1) is 0 Å². The minimum atomic E-state index is -0.900. The molecular formula is C18H17NO4. The van der Waals surface area contributed by atoms with Gasteiger partial charge in [-0.25, -0.2) is 4.79 Å². The molecule has 0 aromatic heterocycles. The summed E-state index contributed by atoms with van der Waals surface area (Å²) in [6.07, 6.45) is 0.792. The smallest absolute Gasteiger partial charge is 0.335 e. The van der Waals surface area contributed by atoms with E-state index in [4.69, 9.17) is 14.6 Å². The first-order chi connectivity index (χ1) is 11.1. The number of carboxylic acid groups (broad SMARTS) is 1. The Bertz CT molecular complexity index is 733. The molecule has 5 heteroatoms. The maximum atomic E-state index is 11.1. The van der Waals surface area contributed by atoms with E-state index in [1.54, 1.807) is 18.2 Å². The molecule has 0 saturated carbocycles. The molecule has 0 radical (unpaired) electrons. The molecule has 1 N–H and O–H groups in total. The third kappa shape index (κ3) is 2.64. The first-order valence-electron chi connectivity index (χ1n) is 7.65. The molecule has 118 valence electrons. The van der Waals surface area contributed by atoms with E-state index in [2.05, 4.69) is 4.90 Å². The molecule has 2 aliphatic rings. The Kier molecular flexibility index (Phi) is 3.23. The molecule has 2 aromatic carbocycles. The zero-order chi connectivity index (χ0) is 15.9. The lowest BCUT2D eigenvalue weighted by Crippen LogP contribution is -2.41. The van der Waals surface area contributed by atoms with Crippen molar-refractivity contribution in [1.82, 2.24) is 4.90 Å². The van der Waals surface area contributed by atoms with Crippen LogP contribution in [0.25, 0.3) is 0 Å². The maximum absolute atomic E-state index is 11.1. The van der Waals surface area contributed by atoms with Gasteiger partial charge in [-0.2, -0.15) is 0 Å². The summed E-state index contributed by atoms with van der Waals surface area (Å²) in [7, 11) is 0. The Balaban J connectivity index is 1.46. The van der Waals surface area contributed by atoms with Crippen LogP contribution in [0.3, 0.4) is 0 Å². The fourth-order valence-corrected chi connectivity index (χ4v) is 3.23. The average molecular weight is 311 g/mol. The van der Waals surface area contributed by atoms with Crippen molar-refractivity contribution in [2.24, 2.45) is 0 Å². The van der Waals surface area contributed by atoms with Crippen molar-refractivity contribution >= 4 is 5.97 Å². The molecule has 4 rings (SSSR count). The summed E-state index contributed by atoms with van der Waals surface area (Å²) < 4.78 is 12.1. The first-order valence-corrected chi connectivity index (χ1v) is 7.65. The summed E-state index contributed by atoms with van der Waals surface area (Å²) in [5.41, 5.74) is 1.30. The number of ether oxygens (including phenoxy) is 2. The van der Waals surface area contributed by atoms with Crippen molar-refractivity contribution in [3.63, 3.8) is 0 Å². The van der Waals surface area contributed by atoms with Crippen molar-refractivity contribution < 1.29 is 19.4 Å². The number of hydrogen-bond acceptors (Lipinski definition) is 4. The number of fused-ring (bicyclic) bond motifs is 1. The van der Waals surface area contributed by atoms with Crippen LogP contribution in [0.2, 0.25) is 0 Å². The fourth-order valence-electron chi connectivity index (χ4n) is 3.23. The fraction of sp³-hybridized carbons (Fsp3) is 0.278. The molecule has 1 saturated heterocycles. The van der Waals surface area contributed by atoms with E-state index in [0.717, 1.165) is 30.0 Å². The lowest BCUT2D eigenvalue weighted by molar-refractivity contribution is -0.0678. The molecule has 0 aliphatic carbocycles. The Morgan fingerprint density at radius 3 is 2.57 bits per heavy atom. The van der Waals surface area contributed by atoms with Gasteiger partial charge in [-0.3, -0.25) is 4.90 Å². The van der Waals surface area contributed by atoms with Gasteiger partial charge in [-0.05, 0) is 29.8 Å². The van der Waals surface area contributed by atoms with Gasteiger partial charge >= 0.3 is 5.97 Å². The second-order valence-corrected chi connectivity index (χ2v) is 6.03. The van der Waals surface area contributed by atoms with E-state index >= 15 is 0 Å². The largest absolute Gasteiger partial charge is 0.478 e. The Hall–Kier alpha value is -2.53. The van der Waals surface area contributed by atoms with E-state index < -0.39 is 11.8 Å². The molecule has 2 aliphatic heterocycles. The number of aromatic carboxylic acids is 1. The van der Waals surface area contributed by atoms with Crippen LogP contribution < -0.4 is 9.47 Å². The van der Waals surface area contributed by atoms with Crippen LogP contribution in [0.1, 0.15) is 22.3 Å². The van der Waals surface area contributed by atoms with Gasteiger partial charge in [0.05, 0.1) is 12.1 Å². The number of carbonyl (C=O) groups is 1. The Labute approximate surface area is 134 Å². The highest BCUT2D eigenvalue weighted by Gasteiger charge is 2.47. The number of rotatable bonds is 3. The summed E-state index contributed by atoms with van der Waals surface area (Å²) in [5.74, 6) is 0.0840. The Morgan fingerprint density at radius 2 is 1.87 bits per heavy atom. The van der Waals surface area contributed by atoms with E-state index in [9.17, 15) is 4.79 Å². The summed E-state index contributed by atoms with van der Waals surface area (Å²) >= 11 is 0. The van der Waals surface area contributed by atoms with Crippen LogP contribution in [-0.4, -0.2) is 34.9 Å². The van der Waals surface area contributed by atoms with Gasteiger partial charge in [0.15, 0.2) is 11.5 Å². The summed E-state index contributed by atoms with van der Waals surface area (Å²) in [4.78, 5) is 13.3. The predicted molar refractivity (Wildman–Crippen MR) is 83.7 cm³/mol. The van der Waals surface area contributed by atoms with Crippen LogP contribution in [0.5, 0.6) is 11.5 Å². The standard InChI is InChI=1S/C18H17NO4/c20-17(21)14-5-3-4-13(10-14)11-19-9-8-18(12-19)22-15-6-1-2-7-16(15)23-18/h1-7,10H,8-9,11-12H2,(H,20,21). The van der Waals surface area contributed by atoms with E-state index in [-0.39, 0.29) is 0 Å². The predicted octanol–water partition coefficient (Wildman–Crippen LogP) is 2.76. The van der Waals surface area contributed by atoms with E-state index in [1.165, 1.54) is 0 Å². The number of hydrogen-bond donors (Lipinski definition) is 1. The number of nitrogens with zero attached hydrogens (tertiary/aromatic N) is 1. The molecule has 0 unspecified atom stereocenters. The van der Waals surface area contributed by atoms with Gasteiger partial charge in [0, 0.05) is 19.5 Å². The monoisotopic (exact) mass is 311 g/mol. The van der Waals surface area contributed by atoms with Crippen LogP contribution in [0.15, 0.2) is 48.5 Å². The molecule has 0 atom stereocenters. The third-order valence-electron chi connectivity index (χ3n) is 4.29. The number of carboxylic acids is 1. The lowest BCUT2D eigenvalue weighted by atomic mass is 10.1. The molecule has 0 bridgehead atoms. The highest BCUT2D eigenvalue weighted by Crippen LogP contribution is 2.43. The highest BCUT2D eigenvalue weighted by molar-refractivity contribution is 5.87. The molecule has 2 aromatic rings. The van der Waals surface area contributed by atoms with Gasteiger partial charge in [0.25, 0.3) is 5.79 Å². The second kappa shape index (κ2) is 5.28.